The lowest BCUT2D eigenvalue weighted by Gasteiger charge is -2.17. The first kappa shape index (κ1) is 9.35. The highest BCUT2D eigenvalue weighted by atomic mass is 35.5. The molecule has 56 valence electrons. The smallest absolute Gasteiger partial charge is 0.354 e. The third-order valence-corrected chi connectivity index (χ3v) is 3.10. The highest BCUT2D eigenvalue weighted by Gasteiger charge is 2.42. The molecule has 0 heterocycles. The van der Waals surface area contributed by atoms with Crippen LogP contribution in [0.1, 0.15) is 0 Å². The molecule has 4 nitrogen and oxygen atoms in total. The molecule has 0 atom stereocenters. The Morgan fingerprint density at radius 1 is 1.00 bits per heavy atom. The number of hydrogen-bond acceptors (Lipinski definition) is 4. The molecule has 6 heteroatoms. The topological polar surface area (TPSA) is 36.9 Å². The fourth-order valence-corrected chi connectivity index (χ4v) is 1.60. The van der Waals surface area contributed by atoms with E-state index in [9.17, 15) is 0 Å². The van der Waals surface area contributed by atoms with Crippen LogP contribution in [0.5, 0.6) is 0 Å². The molecule has 0 aliphatic rings. The van der Waals surface area contributed by atoms with Gasteiger partial charge in [0.15, 0.2) is 0 Å². The average Bonchev–Trinajstić information content (AvgIpc) is 1.95. The lowest BCUT2D eigenvalue weighted by atomic mass is 11.8. The van der Waals surface area contributed by atoms with E-state index in [-0.39, 0.29) is 0 Å². The molecular formula is C3H9ClO4Si. The molecule has 0 fully saturated rings. The largest absolute Gasteiger partial charge is 0.695 e. The van der Waals surface area contributed by atoms with Crippen LogP contribution in [0, 0.1) is 0 Å². The maximum atomic E-state index is 5.01. The van der Waals surface area contributed by atoms with E-state index in [1.807, 2.05) is 0 Å². The van der Waals surface area contributed by atoms with E-state index >= 15 is 0 Å². The number of halogens is 1. The highest BCUT2D eigenvalue weighted by Crippen LogP contribution is 2.08. The first-order valence-corrected chi connectivity index (χ1v) is 4.14. The van der Waals surface area contributed by atoms with E-state index in [0.717, 1.165) is 0 Å². The summed E-state index contributed by atoms with van der Waals surface area (Å²) < 4.78 is 18.5. The molecule has 0 bridgehead atoms. The summed E-state index contributed by atoms with van der Waals surface area (Å²) in [6.07, 6.45) is 0. The predicted octanol–water partition coefficient (Wildman–Crippen LogP) is 0.532. The summed E-state index contributed by atoms with van der Waals surface area (Å²) in [5.41, 5.74) is 0. The minimum Gasteiger partial charge on any atom is -0.354 e. The molecule has 0 N–H and O–H groups in total. The summed E-state index contributed by atoms with van der Waals surface area (Å²) in [5.74, 6) is 0. The van der Waals surface area contributed by atoms with Gasteiger partial charge < -0.3 is 13.3 Å². The molecule has 0 rings (SSSR count). The summed E-state index contributed by atoms with van der Waals surface area (Å²) in [6.45, 7) is 0. The van der Waals surface area contributed by atoms with Gasteiger partial charge in [0.05, 0.1) is 11.9 Å². The van der Waals surface area contributed by atoms with Gasteiger partial charge in [-0.1, -0.05) is 0 Å². The van der Waals surface area contributed by atoms with Crippen molar-refractivity contribution in [3.05, 3.63) is 0 Å². The van der Waals surface area contributed by atoms with Crippen LogP contribution in [0.3, 0.4) is 0 Å². The molecule has 9 heavy (non-hydrogen) atoms. The Hall–Kier alpha value is 0.347. The van der Waals surface area contributed by atoms with Crippen molar-refractivity contribution in [2.24, 2.45) is 0 Å². The second-order valence-corrected chi connectivity index (χ2v) is 4.03. The van der Waals surface area contributed by atoms with Gasteiger partial charge in [0.1, 0.15) is 0 Å². The van der Waals surface area contributed by atoms with Crippen molar-refractivity contribution in [3.8, 4) is 0 Å². The molecule has 0 spiro atoms. The van der Waals surface area contributed by atoms with Crippen molar-refractivity contribution in [3.63, 3.8) is 0 Å². The van der Waals surface area contributed by atoms with Crippen molar-refractivity contribution in [2.75, 3.05) is 21.3 Å². The van der Waals surface area contributed by atoms with Crippen LogP contribution in [0.15, 0.2) is 0 Å². The molecule has 0 unspecified atom stereocenters. The molecule has 0 aliphatic carbocycles. The molecule has 0 amide bonds. The molecule has 0 aromatic carbocycles. The van der Waals surface area contributed by atoms with Gasteiger partial charge in [0, 0.05) is 21.3 Å². The maximum absolute atomic E-state index is 5.01. The zero-order valence-electron chi connectivity index (χ0n) is 5.51. The standard InChI is InChI=1S/C3H9ClO4Si/c1-5-9(6-2,7-3)8-4/h1-3H3. The number of rotatable bonds is 4. The second kappa shape index (κ2) is 4.21. The normalized spacial score (nSPS) is 12.0. The van der Waals surface area contributed by atoms with Crippen LogP contribution in [-0.2, 0) is 17.3 Å². The fourth-order valence-electron chi connectivity index (χ4n) is 0.344. The fraction of sp³-hybridized carbons (Fsp3) is 1.00. The van der Waals surface area contributed by atoms with Crippen molar-refractivity contribution >= 4 is 20.9 Å². The first-order chi connectivity index (χ1) is 4.24. The summed E-state index contributed by atoms with van der Waals surface area (Å²) in [4.78, 5) is 0. The molecular weight excluding hydrogens is 164 g/mol. The Balaban J connectivity index is 3.82. The van der Waals surface area contributed by atoms with Gasteiger partial charge in [-0.25, -0.2) is 3.98 Å². The Morgan fingerprint density at radius 2 is 1.33 bits per heavy atom. The monoisotopic (exact) mass is 172 g/mol. The minimum atomic E-state index is -2.93. The van der Waals surface area contributed by atoms with Crippen molar-refractivity contribution in [1.29, 1.82) is 0 Å². The summed E-state index contributed by atoms with van der Waals surface area (Å²) in [5, 5.41) is 0. The van der Waals surface area contributed by atoms with E-state index in [4.69, 9.17) is 25.1 Å². The van der Waals surface area contributed by atoms with Crippen molar-refractivity contribution in [2.45, 2.75) is 0 Å². The van der Waals surface area contributed by atoms with Crippen LogP contribution in [0.2, 0.25) is 0 Å². The second-order valence-electron chi connectivity index (χ2n) is 1.19. The molecule has 0 aromatic rings. The van der Waals surface area contributed by atoms with Gasteiger partial charge in [0.25, 0.3) is 0 Å². The summed E-state index contributed by atoms with van der Waals surface area (Å²) >= 11 is 5.01. The Kier molecular flexibility index (Phi) is 4.37. The highest BCUT2D eigenvalue weighted by molar-refractivity contribution is 6.57. The van der Waals surface area contributed by atoms with E-state index in [1.54, 1.807) is 0 Å². The lowest BCUT2D eigenvalue weighted by molar-refractivity contribution is 0.0548. The van der Waals surface area contributed by atoms with Crippen LogP contribution in [0.4, 0.5) is 0 Å². The maximum Gasteiger partial charge on any atom is 0.695 e. The zero-order chi connectivity index (χ0) is 7.33. The molecule has 0 radical (unpaired) electrons. The summed E-state index contributed by atoms with van der Waals surface area (Å²) in [7, 11) is 1.29. The average molecular weight is 173 g/mol. The Bertz CT molecular complexity index is 58.7. The van der Waals surface area contributed by atoms with Crippen LogP contribution in [-0.4, -0.2) is 30.4 Å². The number of hydrogen-bond donors (Lipinski definition) is 0. The van der Waals surface area contributed by atoms with E-state index in [0.29, 0.717) is 0 Å². The van der Waals surface area contributed by atoms with Crippen LogP contribution < -0.4 is 0 Å². The molecule has 0 aromatic heterocycles. The third kappa shape index (κ3) is 2.21. The quantitative estimate of drug-likeness (QED) is 0.580. The van der Waals surface area contributed by atoms with Gasteiger partial charge >= 0.3 is 9.05 Å². The SMILES string of the molecule is CO[Si](OC)(OC)OCl. The molecule has 0 saturated heterocycles. The molecule has 0 aliphatic heterocycles. The van der Waals surface area contributed by atoms with Gasteiger partial charge in [-0.05, 0) is 0 Å². The molecule has 0 saturated carbocycles. The van der Waals surface area contributed by atoms with E-state index < -0.39 is 9.05 Å². The Labute approximate surface area is 60.3 Å². The Morgan fingerprint density at radius 3 is 1.33 bits per heavy atom. The van der Waals surface area contributed by atoms with Crippen LogP contribution in [0.25, 0.3) is 0 Å². The van der Waals surface area contributed by atoms with E-state index in [2.05, 4.69) is 3.98 Å². The van der Waals surface area contributed by atoms with Gasteiger partial charge in [-0.2, -0.15) is 0 Å². The van der Waals surface area contributed by atoms with Gasteiger partial charge in [-0.3, -0.25) is 0 Å². The van der Waals surface area contributed by atoms with Crippen molar-refractivity contribution < 1.29 is 17.3 Å². The third-order valence-electron chi connectivity index (χ3n) is 0.844. The zero-order valence-corrected chi connectivity index (χ0v) is 7.27. The van der Waals surface area contributed by atoms with E-state index in [1.165, 1.54) is 21.3 Å². The predicted molar refractivity (Wildman–Crippen MR) is 33.7 cm³/mol. The lowest BCUT2D eigenvalue weighted by Crippen LogP contribution is -2.43. The van der Waals surface area contributed by atoms with Crippen molar-refractivity contribution in [1.82, 2.24) is 0 Å². The van der Waals surface area contributed by atoms with Gasteiger partial charge in [-0.15, -0.1) is 0 Å². The minimum absolute atomic E-state index is 1.40. The van der Waals surface area contributed by atoms with Gasteiger partial charge in [0.2, 0.25) is 0 Å². The summed E-state index contributed by atoms with van der Waals surface area (Å²) in [6, 6.07) is 0. The first-order valence-electron chi connectivity index (χ1n) is 2.20. The van der Waals surface area contributed by atoms with Crippen LogP contribution >= 0.6 is 11.9 Å².